The quantitative estimate of drug-likeness (QED) is 0.601. The number of morpholine rings is 1. The molecule has 3 heterocycles. The van der Waals surface area contributed by atoms with Gasteiger partial charge in [0.25, 0.3) is 0 Å². The number of rotatable bonds is 3. The zero-order valence-electron chi connectivity index (χ0n) is 20.8. The topological polar surface area (TPSA) is 136 Å². The fraction of sp³-hybridized carbons (Fsp3) is 0.542. The Labute approximate surface area is 213 Å². The molecule has 2 N–H and O–H groups in total. The highest BCUT2D eigenvalue weighted by atomic mass is 32.2. The van der Waals surface area contributed by atoms with E-state index in [9.17, 15) is 18.0 Å². The van der Waals surface area contributed by atoms with Crippen LogP contribution in [0.3, 0.4) is 0 Å². The van der Waals surface area contributed by atoms with Gasteiger partial charge in [-0.2, -0.15) is 0 Å². The second-order valence-corrected chi connectivity index (χ2v) is 12.6. The van der Waals surface area contributed by atoms with Gasteiger partial charge in [0.2, 0.25) is 11.8 Å². The Bertz CT molecular complexity index is 1310. The predicted molar refractivity (Wildman–Crippen MR) is 130 cm³/mol. The Morgan fingerprint density at radius 2 is 2.08 bits per heavy atom. The third-order valence-electron chi connectivity index (χ3n) is 6.45. The van der Waals surface area contributed by atoms with E-state index < -0.39 is 45.1 Å². The zero-order chi connectivity index (χ0) is 26.6. The molecule has 11 nitrogen and oxygen atoms in total. The van der Waals surface area contributed by atoms with Crippen molar-refractivity contribution in [1.82, 2.24) is 10.2 Å². The lowest BCUT2D eigenvalue weighted by molar-refractivity contribution is -0.117. The van der Waals surface area contributed by atoms with Gasteiger partial charge in [0, 0.05) is 25.1 Å². The lowest BCUT2D eigenvalue weighted by atomic mass is 10.0. The van der Waals surface area contributed by atoms with E-state index in [2.05, 4.69) is 20.7 Å². The first-order valence-electron chi connectivity index (χ1n) is 12.0. The predicted octanol–water partition coefficient (Wildman–Crippen LogP) is 2.28. The van der Waals surface area contributed by atoms with Crippen molar-refractivity contribution in [2.24, 2.45) is 5.16 Å². The van der Waals surface area contributed by atoms with E-state index in [-0.39, 0.29) is 33.9 Å². The number of fused-ring (bicyclic) bond motifs is 1. The second kappa shape index (κ2) is 8.98. The first kappa shape index (κ1) is 25.5. The number of halogens is 1. The highest BCUT2D eigenvalue weighted by Crippen LogP contribution is 2.43. The minimum Gasteiger partial charge on any atom is -0.444 e. The van der Waals surface area contributed by atoms with E-state index in [1.54, 1.807) is 26.8 Å². The van der Waals surface area contributed by atoms with Gasteiger partial charge in [-0.15, -0.1) is 0 Å². The molecule has 1 saturated carbocycles. The standard InChI is InChI=1S/C24H29FN4O7S/c1-23(2,3)35-22(31)27-18-12-37(32,33)19-11-15(25)14(10-17(19)26-21(18)30)16-4-5-20(36-28-16)29-8-9-34-24(13-29)6-7-24/h5,10-11,18H,4,6-9,12-13H2,1-3H3,(H,26,30)(H,27,31)/t18-/m0/s1. The number of benzene rings is 1. The van der Waals surface area contributed by atoms with Gasteiger partial charge in [0.15, 0.2) is 9.84 Å². The number of ether oxygens (including phenoxy) is 2. The summed E-state index contributed by atoms with van der Waals surface area (Å²) < 4.78 is 52.1. The molecule has 0 radical (unpaired) electrons. The Balaban J connectivity index is 1.34. The Morgan fingerprint density at radius 3 is 2.73 bits per heavy atom. The fourth-order valence-electron chi connectivity index (χ4n) is 4.47. The van der Waals surface area contributed by atoms with E-state index in [0.29, 0.717) is 25.6 Å². The summed E-state index contributed by atoms with van der Waals surface area (Å²) >= 11 is 0. The van der Waals surface area contributed by atoms with E-state index in [1.165, 1.54) is 6.07 Å². The van der Waals surface area contributed by atoms with E-state index in [0.717, 1.165) is 18.9 Å². The van der Waals surface area contributed by atoms with E-state index >= 15 is 4.39 Å². The highest BCUT2D eigenvalue weighted by molar-refractivity contribution is 7.91. The van der Waals surface area contributed by atoms with Crippen molar-refractivity contribution in [3.8, 4) is 0 Å². The summed E-state index contributed by atoms with van der Waals surface area (Å²) in [6, 6.07) is 0.657. The average Bonchev–Trinajstić information content (AvgIpc) is 3.56. The van der Waals surface area contributed by atoms with Gasteiger partial charge in [0.05, 0.1) is 34.3 Å². The average molecular weight is 537 g/mol. The second-order valence-electron chi connectivity index (χ2n) is 10.6. The van der Waals surface area contributed by atoms with Crippen LogP contribution < -0.4 is 10.6 Å². The molecule has 1 aromatic rings. The minimum absolute atomic E-state index is 0.00346. The third kappa shape index (κ3) is 5.42. The van der Waals surface area contributed by atoms with Crippen molar-refractivity contribution in [3.63, 3.8) is 0 Å². The van der Waals surface area contributed by atoms with Crippen molar-refractivity contribution in [2.75, 3.05) is 30.8 Å². The number of anilines is 1. The van der Waals surface area contributed by atoms with Crippen molar-refractivity contribution in [3.05, 3.63) is 35.5 Å². The number of carbonyl (C=O) groups is 2. The lowest BCUT2D eigenvalue weighted by Gasteiger charge is -2.35. The number of amides is 2. The third-order valence-corrected chi connectivity index (χ3v) is 8.23. The summed E-state index contributed by atoms with van der Waals surface area (Å²) in [5, 5.41) is 8.87. The van der Waals surface area contributed by atoms with Gasteiger partial charge in [-0.1, -0.05) is 5.16 Å². The molecular weight excluding hydrogens is 507 g/mol. The maximum absolute atomic E-state index is 15.1. The van der Waals surface area contributed by atoms with Crippen LogP contribution in [0.1, 0.15) is 45.6 Å². The normalized spacial score (nSPS) is 24.1. The number of sulfone groups is 1. The molecule has 1 saturated heterocycles. The summed E-state index contributed by atoms with van der Waals surface area (Å²) in [4.78, 5) is 32.2. The van der Waals surface area contributed by atoms with Gasteiger partial charge in [-0.3, -0.25) is 4.79 Å². The van der Waals surface area contributed by atoms with Crippen LogP contribution in [0.15, 0.2) is 34.1 Å². The summed E-state index contributed by atoms with van der Waals surface area (Å²) in [5.41, 5.74) is -0.795. The smallest absolute Gasteiger partial charge is 0.408 e. The summed E-state index contributed by atoms with van der Waals surface area (Å²) in [6.45, 7) is 6.87. The molecule has 0 unspecified atom stereocenters. The number of hydrogen-bond acceptors (Lipinski definition) is 9. The van der Waals surface area contributed by atoms with Crippen molar-refractivity contribution in [1.29, 1.82) is 0 Å². The van der Waals surface area contributed by atoms with Gasteiger partial charge in [-0.25, -0.2) is 17.6 Å². The van der Waals surface area contributed by atoms with Crippen LogP contribution >= 0.6 is 0 Å². The Hall–Kier alpha value is -3.19. The molecule has 0 bridgehead atoms. The summed E-state index contributed by atoms with van der Waals surface area (Å²) in [7, 11) is -4.14. The summed E-state index contributed by atoms with van der Waals surface area (Å²) in [6.07, 6.45) is 3.12. The van der Waals surface area contributed by atoms with E-state index in [1.807, 2.05) is 0 Å². The maximum atomic E-state index is 15.1. The van der Waals surface area contributed by atoms with Gasteiger partial charge in [0.1, 0.15) is 17.5 Å². The number of alkyl carbamates (subject to hydrolysis) is 1. The molecule has 0 aromatic heterocycles. The number of nitrogens with zero attached hydrogens (tertiary/aromatic N) is 2. The SMILES string of the molecule is CC(C)(C)OC(=O)N[C@H]1CS(=O)(=O)c2cc(F)c(C3=NOC(N4CCOC5(CC5)C4)=CC3)cc2NC1=O. The van der Waals surface area contributed by atoms with Crippen LogP contribution in [0.25, 0.3) is 0 Å². The number of allylic oxidation sites excluding steroid dienone is 1. The molecule has 1 aliphatic carbocycles. The number of hydrogen-bond donors (Lipinski definition) is 2. The van der Waals surface area contributed by atoms with Crippen LogP contribution in [0.4, 0.5) is 14.9 Å². The largest absolute Gasteiger partial charge is 0.444 e. The molecule has 1 atom stereocenters. The van der Waals surface area contributed by atoms with Crippen molar-refractivity contribution < 1.29 is 36.7 Å². The molecule has 4 aliphatic rings. The molecule has 3 aliphatic heterocycles. The van der Waals surface area contributed by atoms with Crippen molar-refractivity contribution >= 4 is 33.2 Å². The van der Waals surface area contributed by atoms with Crippen LogP contribution in [0, 0.1) is 5.82 Å². The van der Waals surface area contributed by atoms with Crippen molar-refractivity contribution in [2.45, 2.75) is 62.2 Å². The number of carbonyl (C=O) groups excluding carboxylic acids is 2. The summed E-state index contributed by atoms with van der Waals surface area (Å²) in [5.74, 6) is -1.77. The molecule has 1 spiro atoms. The maximum Gasteiger partial charge on any atom is 0.408 e. The van der Waals surface area contributed by atoms with Crippen LogP contribution in [0.2, 0.25) is 0 Å². The molecule has 13 heteroatoms. The van der Waals surface area contributed by atoms with E-state index in [4.69, 9.17) is 14.3 Å². The molecule has 2 fully saturated rings. The fourth-order valence-corrected chi connectivity index (χ4v) is 6.06. The molecule has 1 aromatic carbocycles. The Morgan fingerprint density at radius 1 is 1.32 bits per heavy atom. The first-order valence-corrected chi connectivity index (χ1v) is 13.7. The first-order chi connectivity index (χ1) is 17.3. The van der Waals surface area contributed by atoms with Crippen LogP contribution in [-0.4, -0.2) is 73.7 Å². The molecule has 5 rings (SSSR count). The van der Waals surface area contributed by atoms with Gasteiger partial charge in [-0.05, 0) is 51.8 Å². The monoisotopic (exact) mass is 536 g/mol. The highest BCUT2D eigenvalue weighted by Gasteiger charge is 2.48. The van der Waals surface area contributed by atoms with Gasteiger partial charge >= 0.3 is 6.09 Å². The van der Waals surface area contributed by atoms with Crippen LogP contribution in [-0.2, 0) is 28.9 Å². The van der Waals surface area contributed by atoms with Gasteiger partial charge < -0.3 is 29.8 Å². The van der Waals surface area contributed by atoms with Crippen LogP contribution in [0.5, 0.6) is 0 Å². The minimum atomic E-state index is -4.14. The Kier molecular flexibility index (Phi) is 6.18. The number of nitrogens with one attached hydrogen (secondary N) is 2. The molecule has 2 amide bonds. The molecule has 200 valence electrons. The molecule has 37 heavy (non-hydrogen) atoms. The number of oxime groups is 1. The lowest BCUT2D eigenvalue weighted by Crippen LogP contribution is -2.48. The molecular formula is C24H29FN4O7S. The zero-order valence-corrected chi connectivity index (χ0v) is 21.6.